The second-order valence-corrected chi connectivity index (χ2v) is 10.7. The molecule has 0 aromatic carbocycles. The first-order valence-electron chi connectivity index (χ1n) is 6.75. The minimum atomic E-state index is -7.54. The summed E-state index contributed by atoms with van der Waals surface area (Å²) in [5.41, 5.74) is 0. The summed E-state index contributed by atoms with van der Waals surface area (Å²) < 4.78 is 174. The lowest BCUT2D eigenvalue weighted by Gasteiger charge is -2.39. The van der Waals surface area contributed by atoms with Gasteiger partial charge in [0.1, 0.15) is 12.6 Å². The Kier molecular flexibility index (Phi) is 5.90. The molecule has 1 heterocycles. The van der Waals surface area contributed by atoms with E-state index in [0.717, 1.165) is 0 Å². The molecule has 0 spiro atoms. The average molecular weight is 480 g/mol. The maximum atomic E-state index is 13.5. The zero-order valence-electron chi connectivity index (χ0n) is 13.7. The molecule has 0 radical (unpaired) electrons. The van der Waals surface area contributed by atoms with Crippen LogP contribution in [0.4, 0.5) is 43.9 Å². The van der Waals surface area contributed by atoms with E-state index in [1.807, 2.05) is 0 Å². The Morgan fingerprint density at radius 3 is 1.32 bits per heavy atom. The summed E-state index contributed by atoms with van der Waals surface area (Å²) in [6.07, 6.45) is -15.1. The molecule has 0 N–H and O–H groups in total. The van der Waals surface area contributed by atoms with Gasteiger partial charge in [0, 0.05) is 0 Å². The Hall–Kier alpha value is -0.880. The van der Waals surface area contributed by atoms with Crippen molar-refractivity contribution in [3.8, 4) is 0 Å². The fraction of sp³-hybridized carbons (Fsp3) is 1.00. The highest BCUT2D eigenvalue weighted by Gasteiger charge is 2.80. The molecule has 1 aliphatic heterocycles. The van der Waals surface area contributed by atoms with Crippen molar-refractivity contribution in [2.75, 3.05) is 27.2 Å². The van der Waals surface area contributed by atoms with Crippen molar-refractivity contribution in [2.24, 2.45) is 0 Å². The van der Waals surface area contributed by atoms with Crippen molar-refractivity contribution in [3.63, 3.8) is 0 Å². The van der Waals surface area contributed by atoms with Crippen molar-refractivity contribution >= 4 is 19.7 Å². The quantitative estimate of drug-likeness (QED) is 0.316. The Balaban J connectivity index is 3.83. The summed E-state index contributed by atoms with van der Waals surface area (Å²) in [6.45, 7) is -1.34. The van der Waals surface area contributed by atoms with Gasteiger partial charge in [0.2, 0.25) is 0 Å². The molecule has 1 unspecified atom stereocenters. The van der Waals surface area contributed by atoms with Crippen LogP contribution in [0.1, 0.15) is 0 Å². The molecule has 0 saturated carbocycles. The van der Waals surface area contributed by atoms with Gasteiger partial charge in [-0.3, -0.25) is 4.48 Å². The van der Waals surface area contributed by atoms with E-state index in [-0.39, 0.29) is 6.61 Å². The van der Waals surface area contributed by atoms with Gasteiger partial charge in [0.15, 0.2) is 0 Å². The summed E-state index contributed by atoms with van der Waals surface area (Å²) in [4.78, 5) is 0. The highest BCUT2D eigenvalue weighted by atomic mass is 32.3. The molecular formula is C10H12F10NO5S2+. The van der Waals surface area contributed by atoms with Gasteiger partial charge in [-0.25, -0.2) is 16.8 Å². The smallest absolute Gasteiger partial charge is 0.367 e. The lowest BCUT2D eigenvalue weighted by atomic mass is 10.4. The van der Waals surface area contributed by atoms with Crippen molar-refractivity contribution in [1.82, 2.24) is 0 Å². The lowest BCUT2D eigenvalue weighted by Crippen LogP contribution is -2.67. The highest BCUT2D eigenvalue weighted by Crippen LogP contribution is 2.49. The predicted molar refractivity (Wildman–Crippen MR) is 70.3 cm³/mol. The first-order chi connectivity index (χ1) is 11.9. The second kappa shape index (κ2) is 6.56. The molecule has 0 amide bonds. The van der Waals surface area contributed by atoms with Crippen molar-refractivity contribution < 1.29 is 70.0 Å². The van der Waals surface area contributed by atoms with E-state index < -0.39 is 64.4 Å². The summed E-state index contributed by atoms with van der Waals surface area (Å²) in [5.74, 6) is 0. The number of hydrogen-bond acceptors (Lipinski definition) is 5. The Morgan fingerprint density at radius 2 is 1.11 bits per heavy atom. The molecule has 18 heteroatoms. The lowest BCUT2D eigenvalue weighted by molar-refractivity contribution is -0.889. The molecule has 1 aliphatic rings. The summed E-state index contributed by atoms with van der Waals surface area (Å²) in [5, 5.41) is -13.9. The van der Waals surface area contributed by atoms with Gasteiger partial charge in [0.25, 0.3) is 19.7 Å². The number of sulfone groups is 2. The van der Waals surface area contributed by atoms with Gasteiger partial charge in [-0.05, 0) is 0 Å². The number of alkyl halides is 10. The summed E-state index contributed by atoms with van der Waals surface area (Å²) in [6, 6.07) is 0. The van der Waals surface area contributed by atoms with Gasteiger partial charge < -0.3 is 4.74 Å². The molecule has 0 aromatic heterocycles. The van der Waals surface area contributed by atoms with E-state index in [0.29, 0.717) is 14.1 Å². The average Bonchev–Trinajstić information content (AvgIpc) is 3.17. The van der Waals surface area contributed by atoms with Crippen LogP contribution in [0, 0.1) is 0 Å². The van der Waals surface area contributed by atoms with E-state index in [4.69, 9.17) is 0 Å². The van der Waals surface area contributed by atoms with E-state index in [9.17, 15) is 60.7 Å². The van der Waals surface area contributed by atoms with Crippen molar-refractivity contribution in [2.45, 2.75) is 33.7 Å². The molecule has 0 bridgehead atoms. The maximum absolute atomic E-state index is 13.5. The zero-order chi connectivity index (χ0) is 22.8. The number of epoxide rings is 1. The fourth-order valence-electron chi connectivity index (χ4n) is 2.28. The highest BCUT2D eigenvalue weighted by molar-refractivity contribution is 8.09. The first kappa shape index (κ1) is 25.2. The van der Waals surface area contributed by atoms with Crippen LogP contribution in [0.5, 0.6) is 0 Å². The number of nitrogens with zero attached hydrogens (tertiary/aromatic N) is 1. The molecule has 1 saturated heterocycles. The van der Waals surface area contributed by atoms with Gasteiger partial charge in [-0.2, -0.15) is 43.9 Å². The third kappa shape index (κ3) is 3.91. The topological polar surface area (TPSA) is 80.8 Å². The normalized spacial score (nSPS) is 20.5. The Morgan fingerprint density at radius 1 is 0.821 bits per heavy atom. The van der Waals surface area contributed by atoms with Crippen molar-refractivity contribution in [3.05, 3.63) is 0 Å². The largest absolute Gasteiger partial charge is 0.469 e. The minimum Gasteiger partial charge on any atom is -0.367 e. The van der Waals surface area contributed by atoms with Crippen LogP contribution in [-0.2, 0) is 24.4 Å². The van der Waals surface area contributed by atoms with Crippen LogP contribution < -0.4 is 0 Å². The SMILES string of the molecule is C[N+](C)(CC1CO1)C(S(=O)(=O)C(F)(F)C(F)(F)F)S(=O)(=O)C(F)(F)C(F)(F)F. The number of likely N-dealkylation sites (N-methyl/N-ethyl adjacent to an activating group) is 1. The molecule has 0 aromatic rings. The number of quaternary nitrogens is 1. The molecule has 0 aliphatic carbocycles. The van der Waals surface area contributed by atoms with Crippen LogP contribution in [0.2, 0.25) is 0 Å². The first-order valence-corrected chi connectivity index (χ1v) is 9.84. The van der Waals surface area contributed by atoms with Crippen molar-refractivity contribution in [1.29, 1.82) is 0 Å². The summed E-state index contributed by atoms with van der Waals surface area (Å²) in [7, 11) is -14.5. The van der Waals surface area contributed by atoms with Crippen LogP contribution >= 0.6 is 0 Å². The van der Waals surface area contributed by atoms with E-state index in [1.54, 1.807) is 0 Å². The van der Waals surface area contributed by atoms with Gasteiger partial charge >= 0.3 is 27.6 Å². The third-order valence-corrected chi connectivity index (χ3v) is 9.17. The minimum absolute atomic E-state index is 0.278. The number of hydrogen-bond donors (Lipinski definition) is 0. The number of rotatable bonds is 7. The molecule has 168 valence electrons. The van der Waals surface area contributed by atoms with Crippen LogP contribution in [-0.4, -0.2) is 82.2 Å². The zero-order valence-corrected chi connectivity index (χ0v) is 15.3. The Bertz CT molecular complexity index is 755. The van der Waals surface area contributed by atoms with E-state index >= 15 is 0 Å². The second-order valence-electron chi connectivity index (χ2n) is 6.34. The molecule has 6 nitrogen and oxygen atoms in total. The van der Waals surface area contributed by atoms with Gasteiger partial charge in [0.05, 0.1) is 20.7 Å². The van der Waals surface area contributed by atoms with Gasteiger partial charge in [-0.1, -0.05) is 0 Å². The van der Waals surface area contributed by atoms with Crippen LogP contribution in [0.3, 0.4) is 0 Å². The standard InChI is InChI=1S/C10H12F10NO5S2/c1-21(2,3-5-4-26-5)6(27(22,23)9(17,18)7(11,12)13)28(24,25)10(19,20)8(14,15)16/h5-6H,3-4H2,1-2H3/q+1. The van der Waals surface area contributed by atoms with Crippen LogP contribution in [0.15, 0.2) is 0 Å². The van der Waals surface area contributed by atoms with Crippen LogP contribution in [0.25, 0.3) is 0 Å². The molecule has 1 fully saturated rings. The maximum Gasteiger partial charge on any atom is 0.469 e. The molecule has 1 atom stereocenters. The molecule has 28 heavy (non-hydrogen) atoms. The van der Waals surface area contributed by atoms with E-state index in [1.165, 1.54) is 0 Å². The van der Waals surface area contributed by atoms with Gasteiger partial charge in [-0.15, -0.1) is 0 Å². The summed E-state index contributed by atoms with van der Waals surface area (Å²) >= 11 is 0. The Labute approximate surface area is 151 Å². The molecule has 1 rings (SSSR count). The number of halogens is 10. The third-order valence-electron chi connectivity index (χ3n) is 3.55. The predicted octanol–water partition coefficient (Wildman–Crippen LogP) is 1.89. The number of ether oxygens (including phenoxy) is 1. The molecular weight excluding hydrogens is 468 g/mol. The van der Waals surface area contributed by atoms with E-state index in [2.05, 4.69) is 4.74 Å². The fourth-order valence-corrected chi connectivity index (χ4v) is 7.16. The monoisotopic (exact) mass is 480 g/mol.